The lowest BCUT2D eigenvalue weighted by Crippen LogP contribution is -2.28. The lowest BCUT2D eigenvalue weighted by Gasteiger charge is -2.17. The number of nitrogens with zero attached hydrogens (tertiary/aromatic N) is 1. The minimum Gasteiger partial charge on any atom is -0.489 e. The maximum absolute atomic E-state index is 13.1. The molecule has 0 aromatic heterocycles. The average Bonchev–Trinajstić information content (AvgIpc) is 3.02. The van der Waals surface area contributed by atoms with E-state index in [4.69, 9.17) is 17.0 Å². The normalized spacial score (nSPS) is 15.1. The highest BCUT2D eigenvalue weighted by molar-refractivity contribution is 8.27. The van der Waals surface area contributed by atoms with Gasteiger partial charge < -0.3 is 4.74 Å². The number of anilines is 1. The van der Waals surface area contributed by atoms with E-state index in [-0.39, 0.29) is 5.91 Å². The van der Waals surface area contributed by atoms with Gasteiger partial charge in [0.1, 0.15) is 12.4 Å². The van der Waals surface area contributed by atoms with Crippen molar-refractivity contribution in [3.63, 3.8) is 0 Å². The van der Waals surface area contributed by atoms with Crippen LogP contribution in [0.2, 0.25) is 0 Å². The van der Waals surface area contributed by atoms with Crippen LogP contribution in [-0.4, -0.2) is 10.2 Å². The van der Waals surface area contributed by atoms with Crippen LogP contribution in [0, 0.1) is 20.8 Å². The molecule has 1 aliphatic heterocycles. The van der Waals surface area contributed by atoms with Gasteiger partial charge in [-0.25, -0.2) is 0 Å². The van der Waals surface area contributed by atoms with E-state index < -0.39 is 0 Å². The quantitative estimate of drug-likeness (QED) is 0.327. The molecule has 1 saturated heterocycles. The molecule has 0 aliphatic carbocycles. The van der Waals surface area contributed by atoms with Gasteiger partial charge in [0.25, 0.3) is 5.91 Å². The minimum atomic E-state index is -0.0883. The van der Waals surface area contributed by atoms with Crippen LogP contribution in [0.4, 0.5) is 5.69 Å². The SMILES string of the molecule is Cc1ccc(COc2cccc(C=C3SC(=S)N(c4cc(C)ccc4C)C3=O)c2)cc1. The third-order valence-electron chi connectivity index (χ3n) is 5.08. The molecule has 1 amide bonds. The topological polar surface area (TPSA) is 29.5 Å². The number of thioether (sulfide) groups is 1. The van der Waals surface area contributed by atoms with Crippen molar-refractivity contribution in [2.24, 2.45) is 0 Å². The Morgan fingerprint density at radius 3 is 2.48 bits per heavy atom. The van der Waals surface area contributed by atoms with Crippen molar-refractivity contribution >= 4 is 46.0 Å². The van der Waals surface area contributed by atoms with E-state index in [1.807, 2.05) is 62.4 Å². The van der Waals surface area contributed by atoms with Gasteiger partial charge in [0.15, 0.2) is 4.32 Å². The van der Waals surface area contributed by atoms with Crippen molar-refractivity contribution < 1.29 is 9.53 Å². The molecule has 4 rings (SSSR count). The highest BCUT2D eigenvalue weighted by atomic mass is 32.2. The molecule has 0 spiro atoms. The fourth-order valence-corrected chi connectivity index (χ4v) is 4.62. The number of amides is 1. The molecule has 3 aromatic rings. The van der Waals surface area contributed by atoms with Gasteiger partial charge in [0.2, 0.25) is 0 Å². The van der Waals surface area contributed by atoms with Crippen molar-refractivity contribution in [1.82, 2.24) is 0 Å². The molecule has 5 heteroatoms. The molecule has 0 unspecified atom stereocenters. The number of carbonyl (C=O) groups excluding carboxylic acids is 1. The fraction of sp³-hybridized carbons (Fsp3) is 0.154. The number of hydrogen-bond donors (Lipinski definition) is 0. The van der Waals surface area contributed by atoms with E-state index in [1.165, 1.54) is 17.3 Å². The molecule has 3 aromatic carbocycles. The smallest absolute Gasteiger partial charge is 0.270 e. The van der Waals surface area contributed by atoms with Crippen molar-refractivity contribution in [3.05, 3.63) is 99.5 Å². The van der Waals surface area contributed by atoms with Crippen molar-refractivity contribution in [3.8, 4) is 5.75 Å². The standard InChI is InChI=1S/C26H23NO2S2/c1-17-8-11-20(12-9-17)16-29-22-6-4-5-21(14-22)15-24-25(28)27(26(30)31-24)23-13-18(2)7-10-19(23)3/h4-15H,16H2,1-3H3. The summed E-state index contributed by atoms with van der Waals surface area (Å²) < 4.78 is 6.50. The van der Waals surface area contributed by atoms with Gasteiger partial charge in [0.05, 0.1) is 10.6 Å². The highest BCUT2D eigenvalue weighted by Gasteiger charge is 2.34. The van der Waals surface area contributed by atoms with Crippen LogP contribution in [0.25, 0.3) is 6.08 Å². The molecule has 1 heterocycles. The first-order valence-corrected chi connectivity index (χ1v) is 11.3. The predicted molar refractivity (Wildman–Crippen MR) is 134 cm³/mol. The van der Waals surface area contributed by atoms with Crippen molar-refractivity contribution in [1.29, 1.82) is 0 Å². The molecule has 0 N–H and O–H groups in total. The summed E-state index contributed by atoms with van der Waals surface area (Å²) in [6.07, 6.45) is 1.88. The first-order chi connectivity index (χ1) is 14.9. The fourth-order valence-electron chi connectivity index (χ4n) is 3.33. The second-order valence-corrected chi connectivity index (χ2v) is 9.33. The summed E-state index contributed by atoms with van der Waals surface area (Å²) in [7, 11) is 0. The summed E-state index contributed by atoms with van der Waals surface area (Å²) in [4.78, 5) is 15.4. The Labute approximate surface area is 192 Å². The zero-order valence-corrected chi connectivity index (χ0v) is 19.3. The summed E-state index contributed by atoms with van der Waals surface area (Å²) in [6.45, 7) is 6.57. The molecule has 31 heavy (non-hydrogen) atoms. The molecule has 3 nitrogen and oxygen atoms in total. The van der Waals surface area contributed by atoms with E-state index in [0.717, 1.165) is 33.7 Å². The van der Waals surface area contributed by atoms with Crippen molar-refractivity contribution in [2.45, 2.75) is 27.4 Å². The van der Waals surface area contributed by atoms with Gasteiger partial charge in [-0.3, -0.25) is 9.69 Å². The second kappa shape index (κ2) is 9.08. The molecular weight excluding hydrogens is 422 g/mol. The number of rotatable bonds is 5. The van der Waals surface area contributed by atoms with Gasteiger partial charge in [0, 0.05) is 0 Å². The van der Waals surface area contributed by atoms with Crippen LogP contribution in [0.15, 0.2) is 71.6 Å². The summed E-state index contributed by atoms with van der Waals surface area (Å²) in [5.41, 5.74) is 6.21. The Kier molecular flexibility index (Phi) is 6.25. The molecule has 0 radical (unpaired) electrons. The van der Waals surface area contributed by atoms with Gasteiger partial charge in [-0.1, -0.05) is 78.1 Å². The Bertz CT molecular complexity index is 1180. The Balaban J connectivity index is 1.53. The first kappa shape index (κ1) is 21.3. The van der Waals surface area contributed by atoms with Crippen LogP contribution >= 0.6 is 24.0 Å². The minimum absolute atomic E-state index is 0.0883. The van der Waals surface area contributed by atoms with E-state index in [0.29, 0.717) is 15.8 Å². The molecule has 1 aliphatic rings. The van der Waals surface area contributed by atoms with Gasteiger partial charge in [-0.2, -0.15) is 0 Å². The summed E-state index contributed by atoms with van der Waals surface area (Å²) in [5, 5.41) is 0. The Morgan fingerprint density at radius 1 is 0.968 bits per heavy atom. The molecular formula is C26H23NO2S2. The van der Waals surface area contributed by atoms with Crippen LogP contribution in [0.1, 0.15) is 27.8 Å². The van der Waals surface area contributed by atoms with E-state index in [1.54, 1.807) is 4.90 Å². The number of aryl methyl sites for hydroxylation is 3. The number of ether oxygens (including phenoxy) is 1. The summed E-state index contributed by atoms with van der Waals surface area (Å²) >= 11 is 6.86. The molecule has 1 fully saturated rings. The first-order valence-electron chi connectivity index (χ1n) is 10.0. The number of benzene rings is 3. The van der Waals surface area contributed by atoms with Gasteiger partial charge >= 0.3 is 0 Å². The predicted octanol–water partition coefficient (Wildman–Crippen LogP) is 6.60. The maximum atomic E-state index is 13.1. The zero-order valence-electron chi connectivity index (χ0n) is 17.7. The number of carbonyl (C=O) groups is 1. The third-order valence-corrected chi connectivity index (χ3v) is 6.38. The number of thiocarbonyl (C=S) groups is 1. The molecule has 156 valence electrons. The average molecular weight is 446 g/mol. The monoisotopic (exact) mass is 445 g/mol. The molecule has 0 bridgehead atoms. The van der Waals surface area contributed by atoms with Crippen LogP contribution in [0.3, 0.4) is 0 Å². The van der Waals surface area contributed by atoms with E-state index in [9.17, 15) is 4.79 Å². The Morgan fingerprint density at radius 2 is 1.71 bits per heavy atom. The zero-order chi connectivity index (χ0) is 22.0. The largest absolute Gasteiger partial charge is 0.489 e. The van der Waals surface area contributed by atoms with Gasteiger partial charge in [-0.05, 0) is 67.3 Å². The maximum Gasteiger partial charge on any atom is 0.270 e. The lowest BCUT2D eigenvalue weighted by atomic mass is 10.1. The van der Waals surface area contributed by atoms with Gasteiger partial charge in [-0.15, -0.1) is 0 Å². The summed E-state index contributed by atoms with van der Waals surface area (Å²) in [5.74, 6) is 0.675. The molecule has 0 saturated carbocycles. The highest BCUT2D eigenvalue weighted by Crippen LogP contribution is 2.37. The van der Waals surface area contributed by atoms with E-state index >= 15 is 0 Å². The van der Waals surface area contributed by atoms with Crippen LogP contribution in [-0.2, 0) is 11.4 Å². The number of hydrogen-bond acceptors (Lipinski definition) is 4. The second-order valence-electron chi connectivity index (χ2n) is 7.65. The third kappa shape index (κ3) is 4.89. The van der Waals surface area contributed by atoms with Crippen LogP contribution < -0.4 is 9.64 Å². The van der Waals surface area contributed by atoms with Crippen LogP contribution in [0.5, 0.6) is 5.75 Å². The molecule has 0 atom stereocenters. The Hall–Kier alpha value is -2.89. The van der Waals surface area contributed by atoms with Crippen molar-refractivity contribution in [2.75, 3.05) is 4.90 Å². The van der Waals surface area contributed by atoms with E-state index in [2.05, 4.69) is 31.2 Å². The summed E-state index contributed by atoms with van der Waals surface area (Å²) in [6, 6.07) is 22.1. The lowest BCUT2D eigenvalue weighted by molar-refractivity contribution is -0.113.